The van der Waals surface area contributed by atoms with Crippen LogP contribution < -0.4 is 10.2 Å². The van der Waals surface area contributed by atoms with E-state index in [0.29, 0.717) is 5.92 Å². The van der Waals surface area contributed by atoms with Crippen LogP contribution in [0.5, 0.6) is 0 Å². The lowest BCUT2D eigenvalue weighted by Crippen LogP contribution is -2.50. The summed E-state index contributed by atoms with van der Waals surface area (Å²) >= 11 is 0. The normalized spacial score (nSPS) is 22.8. The zero-order chi connectivity index (χ0) is 17.1. The molecule has 1 aliphatic heterocycles. The fraction of sp³-hybridized carbons (Fsp3) is 0.400. The summed E-state index contributed by atoms with van der Waals surface area (Å²) in [5.74, 6) is 0.400. The Bertz CT molecular complexity index is 701. The van der Waals surface area contributed by atoms with E-state index < -0.39 is 0 Å². The van der Waals surface area contributed by atoms with E-state index in [4.69, 9.17) is 0 Å². The summed E-state index contributed by atoms with van der Waals surface area (Å²) in [6.07, 6.45) is 5.67. The lowest BCUT2D eigenvalue weighted by atomic mass is 9.80. The number of hydrogen-bond acceptors (Lipinski definition) is 3. The monoisotopic (exact) mass is 323 g/mol. The minimum absolute atomic E-state index is 0.0905. The van der Waals surface area contributed by atoms with Crippen molar-refractivity contribution in [2.75, 3.05) is 10.2 Å². The third kappa shape index (κ3) is 3.01. The Balaban J connectivity index is 2.04. The Morgan fingerprint density at radius 1 is 1.25 bits per heavy atom. The Morgan fingerprint density at radius 3 is 2.67 bits per heavy atom. The van der Waals surface area contributed by atoms with Gasteiger partial charge in [-0.2, -0.15) is 0 Å². The van der Waals surface area contributed by atoms with E-state index in [1.807, 2.05) is 41.6 Å². The molecular formula is C20H25N3O. The Kier molecular flexibility index (Phi) is 4.84. The van der Waals surface area contributed by atoms with E-state index in [-0.39, 0.29) is 18.0 Å². The molecule has 0 saturated heterocycles. The molecule has 0 fully saturated rings. The molecule has 1 aromatic carbocycles. The maximum absolute atomic E-state index is 12.3. The van der Waals surface area contributed by atoms with Gasteiger partial charge in [-0.1, -0.05) is 38.5 Å². The summed E-state index contributed by atoms with van der Waals surface area (Å²) in [5.41, 5.74) is 3.18. The zero-order valence-corrected chi connectivity index (χ0v) is 14.6. The van der Waals surface area contributed by atoms with Crippen LogP contribution in [0.3, 0.4) is 0 Å². The average Bonchev–Trinajstić information content (AvgIpc) is 2.59. The molecule has 1 aromatic heterocycles. The number of benzene rings is 1. The number of para-hydroxylation sites is 1. The van der Waals surface area contributed by atoms with Crippen LogP contribution in [0.15, 0.2) is 48.8 Å². The molecule has 1 unspecified atom stereocenters. The number of rotatable bonds is 4. The Labute approximate surface area is 143 Å². The number of nitrogens with zero attached hydrogens (tertiary/aromatic N) is 2. The molecule has 0 radical (unpaired) electrons. The second kappa shape index (κ2) is 7.04. The molecule has 3 rings (SSSR count). The molecule has 0 aliphatic carbocycles. The first-order valence-corrected chi connectivity index (χ1v) is 8.68. The van der Waals surface area contributed by atoms with Crippen LogP contribution in [-0.4, -0.2) is 16.9 Å². The van der Waals surface area contributed by atoms with Crippen LogP contribution in [0.2, 0.25) is 0 Å². The van der Waals surface area contributed by atoms with E-state index in [0.717, 1.165) is 29.8 Å². The number of carbonyl (C=O) groups excluding carboxylic acids is 1. The number of nitrogens with one attached hydrogen (secondary N) is 1. The van der Waals surface area contributed by atoms with E-state index in [9.17, 15) is 4.79 Å². The Morgan fingerprint density at radius 2 is 2.00 bits per heavy atom. The highest BCUT2D eigenvalue weighted by Crippen LogP contribution is 2.43. The summed E-state index contributed by atoms with van der Waals surface area (Å²) in [5, 5.41) is 3.67. The van der Waals surface area contributed by atoms with Crippen LogP contribution in [0.4, 0.5) is 11.4 Å². The maximum Gasteiger partial charge on any atom is 0.224 e. The van der Waals surface area contributed by atoms with E-state index in [1.54, 1.807) is 6.92 Å². The van der Waals surface area contributed by atoms with Gasteiger partial charge in [-0.3, -0.25) is 9.78 Å². The van der Waals surface area contributed by atoms with E-state index in [1.165, 1.54) is 0 Å². The SMILES string of the molecule is CCC[C@H]1[C@H](C)C(Nc2ccccc2)c2ccncc2N1C(C)=O. The van der Waals surface area contributed by atoms with Crippen molar-refractivity contribution in [3.63, 3.8) is 0 Å². The summed E-state index contributed by atoms with van der Waals surface area (Å²) in [6.45, 7) is 6.06. The van der Waals surface area contributed by atoms with Gasteiger partial charge >= 0.3 is 0 Å². The minimum Gasteiger partial charge on any atom is -0.378 e. The van der Waals surface area contributed by atoms with Crippen molar-refractivity contribution in [2.45, 2.75) is 45.7 Å². The fourth-order valence-electron chi connectivity index (χ4n) is 3.79. The van der Waals surface area contributed by atoms with Gasteiger partial charge in [0.1, 0.15) is 0 Å². The molecule has 1 amide bonds. The lowest BCUT2D eigenvalue weighted by Gasteiger charge is -2.45. The summed E-state index contributed by atoms with van der Waals surface area (Å²) in [7, 11) is 0. The van der Waals surface area contributed by atoms with Crippen LogP contribution in [-0.2, 0) is 4.79 Å². The standard InChI is InChI=1S/C20H25N3O/c1-4-8-18-14(2)20(22-16-9-6-5-7-10-16)17-11-12-21-13-19(17)23(18)15(3)24/h5-7,9-14,18,20,22H,4,8H2,1-3H3/t14-,18-,20?/m0/s1. The van der Waals surface area contributed by atoms with Crippen molar-refractivity contribution in [3.8, 4) is 0 Å². The second-order valence-corrected chi connectivity index (χ2v) is 6.53. The summed E-state index contributed by atoms with van der Waals surface area (Å²) in [4.78, 5) is 18.5. The first-order chi connectivity index (χ1) is 11.6. The molecule has 1 aliphatic rings. The van der Waals surface area contributed by atoms with Gasteiger partial charge in [-0.15, -0.1) is 0 Å². The van der Waals surface area contributed by atoms with Gasteiger partial charge in [0.05, 0.1) is 17.9 Å². The molecule has 0 bridgehead atoms. The smallest absolute Gasteiger partial charge is 0.224 e. The number of carbonyl (C=O) groups is 1. The number of hydrogen-bond donors (Lipinski definition) is 1. The van der Waals surface area contributed by atoms with Crippen LogP contribution in [0.1, 0.15) is 45.2 Å². The van der Waals surface area contributed by atoms with Crippen LogP contribution in [0.25, 0.3) is 0 Å². The predicted molar refractivity (Wildman–Crippen MR) is 98.1 cm³/mol. The van der Waals surface area contributed by atoms with E-state index >= 15 is 0 Å². The van der Waals surface area contributed by atoms with Crippen LogP contribution in [0, 0.1) is 5.92 Å². The van der Waals surface area contributed by atoms with Gasteiger partial charge < -0.3 is 10.2 Å². The number of pyridine rings is 1. The topological polar surface area (TPSA) is 45.2 Å². The quantitative estimate of drug-likeness (QED) is 0.906. The van der Waals surface area contributed by atoms with Gasteiger partial charge in [-0.25, -0.2) is 0 Å². The summed E-state index contributed by atoms with van der Waals surface area (Å²) in [6, 6.07) is 12.6. The molecule has 1 N–H and O–H groups in total. The third-order valence-corrected chi connectivity index (χ3v) is 4.91. The van der Waals surface area contributed by atoms with Gasteiger partial charge in [-0.05, 0) is 24.6 Å². The van der Waals surface area contributed by atoms with Crippen molar-refractivity contribution >= 4 is 17.3 Å². The number of anilines is 2. The van der Waals surface area contributed by atoms with Gasteiger partial charge in [0, 0.05) is 36.3 Å². The Hall–Kier alpha value is -2.36. The largest absolute Gasteiger partial charge is 0.378 e. The van der Waals surface area contributed by atoms with Crippen molar-refractivity contribution in [3.05, 3.63) is 54.4 Å². The summed E-state index contributed by atoms with van der Waals surface area (Å²) < 4.78 is 0. The second-order valence-electron chi connectivity index (χ2n) is 6.53. The molecule has 126 valence electrons. The van der Waals surface area contributed by atoms with E-state index in [2.05, 4.69) is 36.3 Å². The number of aromatic nitrogens is 1. The maximum atomic E-state index is 12.3. The zero-order valence-electron chi connectivity index (χ0n) is 14.6. The van der Waals surface area contributed by atoms with Crippen molar-refractivity contribution in [1.82, 2.24) is 4.98 Å². The average molecular weight is 323 g/mol. The molecule has 24 heavy (non-hydrogen) atoms. The highest BCUT2D eigenvalue weighted by Gasteiger charge is 2.39. The highest BCUT2D eigenvalue weighted by atomic mass is 16.2. The number of amides is 1. The minimum atomic E-state index is 0.0905. The predicted octanol–water partition coefficient (Wildman–Crippen LogP) is 4.41. The van der Waals surface area contributed by atoms with Crippen molar-refractivity contribution < 1.29 is 4.79 Å². The molecule has 2 heterocycles. The molecule has 0 spiro atoms. The van der Waals surface area contributed by atoms with Crippen molar-refractivity contribution in [2.24, 2.45) is 5.92 Å². The van der Waals surface area contributed by atoms with Crippen LogP contribution >= 0.6 is 0 Å². The lowest BCUT2D eigenvalue weighted by molar-refractivity contribution is -0.117. The first-order valence-electron chi connectivity index (χ1n) is 8.68. The van der Waals surface area contributed by atoms with Gasteiger partial charge in [0.25, 0.3) is 0 Å². The number of fused-ring (bicyclic) bond motifs is 1. The van der Waals surface area contributed by atoms with Gasteiger partial charge in [0.2, 0.25) is 5.91 Å². The van der Waals surface area contributed by atoms with Crippen molar-refractivity contribution in [1.29, 1.82) is 0 Å². The molecule has 4 heteroatoms. The molecule has 2 aromatic rings. The van der Waals surface area contributed by atoms with Gasteiger partial charge in [0.15, 0.2) is 0 Å². The molecular weight excluding hydrogens is 298 g/mol. The molecule has 3 atom stereocenters. The third-order valence-electron chi connectivity index (χ3n) is 4.91. The fourth-order valence-corrected chi connectivity index (χ4v) is 3.79. The highest BCUT2D eigenvalue weighted by molar-refractivity contribution is 5.93. The molecule has 0 saturated carbocycles. The first kappa shape index (κ1) is 16.5. The molecule has 4 nitrogen and oxygen atoms in total.